The van der Waals surface area contributed by atoms with Crippen LogP contribution >= 0.6 is 0 Å². The molecule has 0 rings (SSSR count). The van der Waals surface area contributed by atoms with Crippen LogP contribution in [0.1, 0.15) is 20.3 Å². The van der Waals surface area contributed by atoms with Crippen LogP contribution in [0, 0.1) is 0 Å². The van der Waals surface area contributed by atoms with Crippen LogP contribution in [0.2, 0.25) is 0 Å². The average molecular weight is 160 g/mol. The number of nitrogens with two attached hydrogens (primary N) is 1. The Hall–Kier alpha value is -0.610. The molecule has 0 heterocycles. The molecule has 0 unspecified atom stereocenters. The van der Waals surface area contributed by atoms with Crippen molar-refractivity contribution in [3.8, 4) is 0 Å². The second-order valence-corrected chi connectivity index (χ2v) is 3.13. The molecule has 0 aliphatic carbocycles. The predicted octanol–water partition coefficient (Wildman–Crippen LogP) is -0.778. The van der Waals surface area contributed by atoms with Gasteiger partial charge in [0.05, 0.1) is 12.1 Å². The number of hydrogen-bond acceptors (Lipinski definition) is 3. The molecule has 0 bridgehead atoms. The smallest absolute Gasteiger partial charge is 0.221 e. The lowest BCUT2D eigenvalue weighted by atomic mass is 10.1. The van der Waals surface area contributed by atoms with Gasteiger partial charge in [-0.15, -0.1) is 0 Å². The van der Waals surface area contributed by atoms with Gasteiger partial charge in [-0.1, -0.05) is 0 Å². The van der Waals surface area contributed by atoms with Crippen LogP contribution in [0.15, 0.2) is 0 Å². The van der Waals surface area contributed by atoms with Crippen molar-refractivity contribution in [1.82, 2.24) is 5.32 Å². The molecule has 1 amide bonds. The molecule has 0 fully saturated rings. The van der Waals surface area contributed by atoms with Gasteiger partial charge in [0.2, 0.25) is 5.91 Å². The highest BCUT2D eigenvalue weighted by Crippen LogP contribution is 1.99. The minimum Gasteiger partial charge on any atom is -0.394 e. The fourth-order valence-electron chi connectivity index (χ4n) is 0.611. The van der Waals surface area contributed by atoms with Crippen molar-refractivity contribution in [2.45, 2.75) is 25.8 Å². The SMILES string of the molecule is CC(C)(CO)NC(=O)CCN. The molecule has 66 valence electrons. The van der Waals surface area contributed by atoms with Gasteiger partial charge in [-0.05, 0) is 13.8 Å². The summed E-state index contributed by atoms with van der Waals surface area (Å²) in [6, 6.07) is 0. The number of hydrogen-bond donors (Lipinski definition) is 3. The number of nitrogens with one attached hydrogen (secondary N) is 1. The van der Waals surface area contributed by atoms with Crippen LogP contribution < -0.4 is 11.1 Å². The Morgan fingerprint density at radius 3 is 2.55 bits per heavy atom. The van der Waals surface area contributed by atoms with Crippen LogP contribution in [0.3, 0.4) is 0 Å². The Bertz CT molecular complexity index is 134. The fraction of sp³-hybridized carbons (Fsp3) is 0.857. The molecule has 0 atom stereocenters. The topological polar surface area (TPSA) is 75.3 Å². The lowest BCUT2D eigenvalue weighted by Gasteiger charge is -2.23. The van der Waals surface area contributed by atoms with E-state index in [4.69, 9.17) is 10.8 Å². The third-order valence-corrected chi connectivity index (χ3v) is 1.24. The molecule has 4 N–H and O–H groups in total. The summed E-state index contributed by atoms with van der Waals surface area (Å²) in [7, 11) is 0. The minimum atomic E-state index is -0.535. The molecule has 0 radical (unpaired) electrons. The monoisotopic (exact) mass is 160 g/mol. The lowest BCUT2D eigenvalue weighted by Crippen LogP contribution is -2.46. The molecule has 11 heavy (non-hydrogen) atoms. The predicted molar refractivity (Wildman–Crippen MR) is 43.0 cm³/mol. The van der Waals surface area contributed by atoms with Gasteiger partial charge in [0.1, 0.15) is 0 Å². The number of amides is 1. The Morgan fingerprint density at radius 1 is 1.64 bits per heavy atom. The first-order valence-electron chi connectivity index (χ1n) is 3.64. The van der Waals surface area contributed by atoms with E-state index in [-0.39, 0.29) is 12.5 Å². The van der Waals surface area contributed by atoms with Crippen molar-refractivity contribution >= 4 is 5.91 Å². The first-order chi connectivity index (χ1) is 5.02. The van der Waals surface area contributed by atoms with Gasteiger partial charge >= 0.3 is 0 Å². The molecule has 0 aliphatic heterocycles. The molecule has 0 aromatic heterocycles. The number of rotatable bonds is 4. The van der Waals surface area contributed by atoms with Gasteiger partial charge < -0.3 is 16.2 Å². The van der Waals surface area contributed by atoms with Crippen molar-refractivity contribution in [2.24, 2.45) is 5.73 Å². The van der Waals surface area contributed by atoms with Crippen molar-refractivity contribution < 1.29 is 9.90 Å². The third kappa shape index (κ3) is 4.75. The number of aliphatic hydroxyl groups excluding tert-OH is 1. The van der Waals surface area contributed by atoms with E-state index in [1.54, 1.807) is 13.8 Å². The van der Waals surface area contributed by atoms with Gasteiger partial charge in [-0.25, -0.2) is 0 Å². The molecule has 0 spiro atoms. The normalized spacial score (nSPS) is 11.3. The fourth-order valence-corrected chi connectivity index (χ4v) is 0.611. The summed E-state index contributed by atoms with van der Waals surface area (Å²) < 4.78 is 0. The van der Waals surface area contributed by atoms with Crippen molar-refractivity contribution in [3.05, 3.63) is 0 Å². The van der Waals surface area contributed by atoms with Gasteiger partial charge in [0, 0.05) is 13.0 Å². The van der Waals surface area contributed by atoms with Gasteiger partial charge in [-0.2, -0.15) is 0 Å². The molecule has 0 saturated carbocycles. The zero-order chi connectivity index (χ0) is 8.91. The summed E-state index contributed by atoms with van der Waals surface area (Å²) in [5.41, 5.74) is 4.63. The van der Waals surface area contributed by atoms with E-state index in [9.17, 15) is 4.79 Å². The highest BCUT2D eigenvalue weighted by Gasteiger charge is 2.17. The molecule has 0 saturated heterocycles. The van der Waals surface area contributed by atoms with E-state index in [1.165, 1.54) is 0 Å². The Kier molecular flexibility index (Phi) is 4.07. The second-order valence-electron chi connectivity index (χ2n) is 3.13. The van der Waals surface area contributed by atoms with Gasteiger partial charge in [-0.3, -0.25) is 4.79 Å². The maximum absolute atomic E-state index is 10.9. The standard InChI is InChI=1S/C7H16N2O2/c1-7(2,5-10)9-6(11)3-4-8/h10H,3-5,8H2,1-2H3,(H,9,11). The van der Waals surface area contributed by atoms with E-state index in [0.29, 0.717) is 13.0 Å². The number of carbonyl (C=O) groups is 1. The second kappa shape index (κ2) is 4.31. The summed E-state index contributed by atoms with van der Waals surface area (Å²) in [5, 5.41) is 11.4. The van der Waals surface area contributed by atoms with Crippen LogP contribution in [0.5, 0.6) is 0 Å². The Morgan fingerprint density at radius 2 is 2.18 bits per heavy atom. The van der Waals surface area contributed by atoms with Crippen LogP contribution in [0.25, 0.3) is 0 Å². The van der Waals surface area contributed by atoms with E-state index in [2.05, 4.69) is 5.32 Å². The van der Waals surface area contributed by atoms with Crippen LogP contribution in [-0.4, -0.2) is 29.7 Å². The molecular formula is C7H16N2O2. The zero-order valence-corrected chi connectivity index (χ0v) is 7.05. The zero-order valence-electron chi connectivity index (χ0n) is 7.05. The average Bonchev–Trinajstić information content (AvgIpc) is 1.87. The molecule has 4 heteroatoms. The summed E-state index contributed by atoms with van der Waals surface area (Å²) in [5.74, 6) is -0.119. The highest BCUT2D eigenvalue weighted by molar-refractivity contribution is 5.76. The summed E-state index contributed by atoms with van der Waals surface area (Å²) in [4.78, 5) is 10.9. The molecular weight excluding hydrogens is 144 g/mol. The Labute approximate surface area is 66.8 Å². The van der Waals surface area contributed by atoms with E-state index in [0.717, 1.165) is 0 Å². The van der Waals surface area contributed by atoms with Gasteiger partial charge in [0.25, 0.3) is 0 Å². The summed E-state index contributed by atoms with van der Waals surface area (Å²) >= 11 is 0. The number of carbonyl (C=O) groups excluding carboxylic acids is 1. The van der Waals surface area contributed by atoms with Crippen molar-refractivity contribution in [2.75, 3.05) is 13.2 Å². The number of aliphatic hydroxyl groups is 1. The highest BCUT2D eigenvalue weighted by atomic mass is 16.3. The maximum Gasteiger partial charge on any atom is 0.221 e. The molecule has 0 aliphatic rings. The first-order valence-corrected chi connectivity index (χ1v) is 3.64. The molecule has 0 aromatic rings. The van der Waals surface area contributed by atoms with Gasteiger partial charge in [0.15, 0.2) is 0 Å². The minimum absolute atomic E-state index is 0.0662. The quantitative estimate of drug-likeness (QED) is 0.505. The van der Waals surface area contributed by atoms with E-state index < -0.39 is 5.54 Å². The summed E-state index contributed by atoms with van der Waals surface area (Å²) in [6.45, 7) is 3.78. The van der Waals surface area contributed by atoms with Crippen molar-refractivity contribution in [3.63, 3.8) is 0 Å². The van der Waals surface area contributed by atoms with E-state index in [1.807, 2.05) is 0 Å². The lowest BCUT2D eigenvalue weighted by molar-refractivity contribution is -0.122. The molecule has 0 aromatic carbocycles. The molecule has 4 nitrogen and oxygen atoms in total. The maximum atomic E-state index is 10.9. The first kappa shape index (κ1) is 10.4. The van der Waals surface area contributed by atoms with Crippen molar-refractivity contribution in [1.29, 1.82) is 0 Å². The third-order valence-electron chi connectivity index (χ3n) is 1.24. The summed E-state index contributed by atoms with van der Waals surface area (Å²) in [6.07, 6.45) is 0.309. The van der Waals surface area contributed by atoms with E-state index >= 15 is 0 Å². The Balaban J connectivity index is 3.74. The van der Waals surface area contributed by atoms with Crippen LogP contribution in [0.4, 0.5) is 0 Å². The van der Waals surface area contributed by atoms with Crippen LogP contribution in [-0.2, 0) is 4.79 Å². The largest absolute Gasteiger partial charge is 0.394 e.